The lowest BCUT2D eigenvalue weighted by atomic mass is 10.1. The molecule has 9 heteroatoms. The highest BCUT2D eigenvalue weighted by atomic mass is 32.2. The van der Waals surface area contributed by atoms with Gasteiger partial charge in [0.15, 0.2) is 5.82 Å². The van der Waals surface area contributed by atoms with Gasteiger partial charge in [0.1, 0.15) is 6.04 Å². The number of hydrogen-bond donors (Lipinski definition) is 0. The summed E-state index contributed by atoms with van der Waals surface area (Å²) >= 11 is 1.64. The molecule has 1 aromatic rings. The van der Waals surface area contributed by atoms with Gasteiger partial charge in [-0.3, -0.25) is 14.5 Å². The SMILES string of the molecule is CSCc1noc(CN2CCN3C(=O)CN(C)C(=O)[C@H]3C2)n1. The van der Waals surface area contributed by atoms with Crippen LogP contribution in [0.15, 0.2) is 4.52 Å². The number of piperazine rings is 2. The van der Waals surface area contributed by atoms with E-state index in [9.17, 15) is 9.59 Å². The molecule has 2 aliphatic rings. The van der Waals surface area contributed by atoms with Crippen LogP contribution in [0.1, 0.15) is 11.7 Å². The zero-order valence-corrected chi connectivity index (χ0v) is 13.5. The molecule has 0 aromatic carbocycles. The standard InChI is InChI=1S/C13H19N5O3S/c1-16-7-12(19)18-4-3-17(5-9(18)13(16)20)6-11-14-10(8-22-2)15-21-11/h9H,3-8H2,1-2H3/t9-/m1/s1. The predicted molar refractivity (Wildman–Crippen MR) is 79.9 cm³/mol. The first-order valence-corrected chi connectivity index (χ1v) is 8.55. The van der Waals surface area contributed by atoms with Crippen LogP contribution < -0.4 is 0 Å². The summed E-state index contributed by atoms with van der Waals surface area (Å²) in [6.45, 7) is 2.47. The first-order valence-electron chi connectivity index (χ1n) is 7.15. The molecule has 22 heavy (non-hydrogen) atoms. The number of carbonyl (C=O) groups is 2. The van der Waals surface area contributed by atoms with E-state index in [1.54, 1.807) is 23.7 Å². The summed E-state index contributed by atoms with van der Waals surface area (Å²) in [7, 11) is 1.67. The molecule has 8 nitrogen and oxygen atoms in total. The van der Waals surface area contributed by atoms with Gasteiger partial charge in [0.2, 0.25) is 17.7 Å². The maximum atomic E-state index is 12.2. The van der Waals surface area contributed by atoms with Gasteiger partial charge in [-0.25, -0.2) is 0 Å². The molecule has 1 aromatic heterocycles. The van der Waals surface area contributed by atoms with Crippen LogP contribution >= 0.6 is 11.8 Å². The minimum atomic E-state index is -0.395. The topological polar surface area (TPSA) is 82.8 Å². The van der Waals surface area contributed by atoms with Crippen LogP contribution in [-0.4, -0.2) is 82.2 Å². The van der Waals surface area contributed by atoms with E-state index in [0.717, 1.165) is 5.75 Å². The fourth-order valence-electron chi connectivity index (χ4n) is 2.85. The van der Waals surface area contributed by atoms with Gasteiger partial charge in [-0.1, -0.05) is 5.16 Å². The summed E-state index contributed by atoms with van der Waals surface area (Å²) in [4.78, 5) is 33.8. The van der Waals surface area contributed by atoms with E-state index >= 15 is 0 Å². The van der Waals surface area contributed by atoms with Crippen molar-refractivity contribution in [3.8, 4) is 0 Å². The van der Waals surface area contributed by atoms with E-state index in [0.29, 0.717) is 37.9 Å². The Hall–Kier alpha value is -1.61. The number of thioether (sulfide) groups is 1. The third-order valence-electron chi connectivity index (χ3n) is 3.96. The van der Waals surface area contributed by atoms with Crippen molar-refractivity contribution in [2.75, 3.05) is 39.5 Å². The molecular formula is C13H19N5O3S. The molecule has 0 aliphatic carbocycles. The first kappa shape index (κ1) is 15.3. The first-order chi connectivity index (χ1) is 10.6. The number of rotatable bonds is 4. The molecule has 3 rings (SSSR count). The highest BCUT2D eigenvalue weighted by Gasteiger charge is 2.41. The van der Waals surface area contributed by atoms with Gasteiger partial charge in [0.05, 0.1) is 18.8 Å². The third-order valence-corrected chi connectivity index (χ3v) is 4.51. The molecule has 2 amide bonds. The second-order valence-corrected chi connectivity index (χ2v) is 6.44. The van der Waals surface area contributed by atoms with E-state index in [2.05, 4.69) is 15.0 Å². The molecule has 2 aliphatic heterocycles. The molecule has 1 atom stereocenters. The lowest BCUT2D eigenvalue weighted by molar-refractivity contribution is -0.158. The largest absolute Gasteiger partial charge is 0.338 e. The van der Waals surface area contributed by atoms with Gasteiger partial charge in [0, 0.05) is 26.7 Å². The number of hydrogen-bond acceptors (Lipinski definition) is 7. The number of fused-ring (bicyclic) bond motifs is 1. The van der Waals surface area contributed by atoms with Crippen molar-refractivity contribution in [2.24, 2.45) is 0 Å². The van der Waals surface area contributed by atoms with Crippen molar-refractivity contribution in [1.82, 2.24) is 24.8 Å². The highest BCUT2D eigenvalue weighted by molar-refractivity contribution is 7.97. The normalized spacial score (nSPS) is 23.1. The molecule has 120 valence electrons. The number of likely N-dealkylation sites (N-methyl/N-ethyl adjacent to an activating group) is 1. The Morgan fingerprint density at radius 2 is 2.18 bits per heavy atom. The lowest BCUT2D eigenvalue weighted by Crippen LogP contribution is -2.65. The van der Waals surface area contributed by atoms with E-state index in [1.165, 1.54) is 4.90 Å². The van der Waals surface area contributed by atoms with Crippen molar-refractivity contribution >= 4 is 23.6 Å². The van der Waals surface area contributed by atoms with Gasteiger partial charge in [-0.2, -0.15) is 16.7 Å². The minimum Gasteiger partial charge on any atom is -0.338 e. The number of amides is 2. The Morgan fingerprint density at radius 1 is 1.36 bits per heavy atom. The summed E-state index contributed by atoms with van der Waals surface area (Å²) in [6.07, 6.45) is 1.98. The van der Waals surface area contributed by atoms with Crippen LogP contribution in [0, 0.1) is 0 Å². The van der Waals surface area contributed by atoms with E-state index in [4.69, 9.17) is 4.52 Å². The molecule has 0 bridgehead atoms. The average Bonchev–Trinajstić information content (AvgIpc) is 2.92. The van der Waals surface area contributed by atoms with Crippen LogP contribution in [0.2, 0.25) is 0 Å². The van der Waals surface area contributed by atoms with Gasteiger partial charge in [-0.15, -0.1) is 0 Å². The van der Waals surface area contributed by atoms with E-state index < -0.39 is 6.04 Å². The van der Waals surface area contributed by atoms with Crippen LogP contribution in [0.25, 0.3) is 0 Å². The van der Waals surface area contributed by atoms with Gasteiger partial charge in [0.25, 0.3) is 0 Å². The monoisotopic (exact) mass is 325 g/mol. The zero-order valence-electron chi connectivity index (χ0n) is 12.7. The predicted octanol–water partition coefficient (Wildman–Crippen LogP) is -0.583. The summed E-state index contributed by atoms with van der Waals surface area (Å²) in [5, 5.41) is 3.92. The number of aromatic nitrogens is 2. The van der Waals surface area contributed by atoms with Crippen molar-refractivity contribution in [3.05, 3.63) is 11.7 Å². The molecule has 3 heterocycles. The Balaban J connectivity index is 1.64. The van der Waals surface area contributed by atoms with Gasteiger partial charge in [-0.05, 0) is 6.26 Å². The molecular weight excluding hydrogens is 306 g/mol. The van der Waals surface area contributed by atoms with Gasteiger partial charge >= 0.3 is 0 Å². The molecule has 0 N–H and O–H groups in total. The fourth-order valence-corrected chi connectivity index (χ4v) is 3.23. The summed E-state index contributed by atoms with van der Waals surface area (Å²) in [6, 6.07) is -0.395. The van der Waals surface area contributed by atoms with Crippen LogP contribution in [-0.2, 0) is 21.9 Å². The number of nitrogens with zero attached hydrogens (tertiary/aromatic N) is 5. The minimum absolute atomic E-state index is 0.00194. The quantitative estimate of drug-likeness (QED) is 0.732. The third kappa shape index (κ3) is 2.95. The number of carbonyl (C=O) groups excluding carboxylic acids is 2. The summed E-state index contributed by atoms with van der Waals surface area (Å²) in [5.41, 5.74) is 0. The zero-order chi connectivity index (χ0) is 15.7. The molecule has 2 saturated heterocycles. The Labute approximate surface area is 132 Å². The van der Waals surface area contributed by atoms with Crippen LogP contribution in [0.5, 0.6) is 0 Å². The Bertz CT molecular complexity index is 578. The molecule has 0 radical (unpaired) electrons. The second-order valence-electron chi connectivity index (χ2n) is 5.57. The molecule has 2 fully saturated rings. The second kappa shape index (κ2) is 6.25. The van der Waals surface area contributed by atoms with Crippen LogP contribution in [0.3, 0.4) is 0 Å². The van der Waals surface area contributed by atoms with Crippen molar-refractivity contribution in [2.45, 2.75) is 18.3 Å². The smallest absolute Gasteiger partial charge is 0.246 e. The van der Waals surface area contributed by atoms with Crippen molar-refractivity contribution in [3.63, 3.8) is 0 Å². The summed E-state index contributed by atoms with van der Waals surface area (Å²) in [5.74, 6) is 1.98. The Kier molecular flexibility index (Phi) is 4.34. The molecule has 0 spiro atoms. The van der Waals surface area contributed by atoms with Crippen molar-refractivity contribution in [1.29, 1.82) is 0 Å². The van der Waals surface area contributed by atoms with Crippen molar-refractivity contribution < 1.29 is 14.1 Å². The fraction of sp³-hybridized carbons (Fsp3) is 0.692. The maximum Gasteiger partial charge on any atom is 0.246 e. The van der Waals surface area contributed by atoms with E-state index in [1.807, 2.05) is 6.26 Å². The Morgan fingerprint density at radius 3 is 2.95 bits per heavy atom. The molecule has 0 saturated carbocycles. The summed E-state index contributed by atoms with van der Waals surface area (Å²) < 4.78 is 5.23. The van der Waals surface area contributed by atoms with E-state index in [-0.39, 0.29) is 18.4 Å². The van der Waals surface area contributed by atoms with Crippen LogP contribution in [0.4, 0.5) is 0 Å². The van der Waals surface area contributed by atoms with Gasteiger partial charge < -0.3 is 14.3 Å². The maximum absolute atomic E-state index is 12.2. The average molecular weight is 325 g/mol. The molecule has 0 unspecified atom stereocenters. The lowest BCUT2D eigenvalue weighted by Gasteiger charge is -2.44. The highest BCUT2D eigenvalue weighted by Crippen LogP contribution is 2.18.